The highest BCUT2D eigenvalue weighted by molar-refractivity contribution is 5.61. The highest BCUT2D eigenvalue weighted by atomic mass is 16.5. The van der Waals surface area contributed by atoms with Crippen molar-refractivity contribution in [3.8, 4) is 11.4 Å². The highest BCUT2D eigenvalue weighted by Crippen LogP contribution is 2.21. The van der Waals surface area contributed by atoms with Crippen LogP contribution in [0, 0.1) is 0 Å². The summed E-state index contributed by atoms with van der Waals surface area (Å²) < 4.78 is 7.24. The Bertz CT molecular complexity index is 708. The molecule has 4 nitrogen and oxygen atoms in total. The highest BCUT2D eigenvalue weighted by Gasteiger charge is 2.03. The Morgan fingerprint density at radius 3 is 2.86 bits per heavy atom. The molecule has 21 heavy (non-hydrogen) atoms. The lowest BCUT2D eigenvalue weighted by molar-refractivity contribution is 0.414. The van der Waals surface area contributed by atoms with Crippen LogP contribution in [0.1, 0.15) is 5.56 Å². The van der Waals surface area contributed by atoms with E-state index in [9.17, 15) is 0 Å². The van der Waals surface area contributed by atoms with E-state index in [0.717, 1.165) is 23.7 Å². The van der Waals surface area contributed by atoms with E-state index in [2.05, 4.69) is 28.5 Å². The van der Waals surface area contributed by atoms with Crippen LogP contribution in [-0.2, 0) is 6.54 Å². The molecule has 106 valence electrons. The summed E-state index contributed by atoms with van der Waals surface area (Å²) >= 11 is 0. The third-order valence-corrected chi connectivity index (χ3v) is 3.30. The van der Waals surface area contributed by atoms with E-state index >= 15 is 0 Å². The number of aromatic nitrogens is 2. The molecule has 0 amide bonds. The number of imidazole rings is 1. The van der Waals surface area contributed by atoms with Gasteiger partial charge in [-0.15, -0.1) is 0 Å². The minimum atomic E-state index is 0.739. The van der Waals surface area contributed by atoms with Gasteiger partial charge in [-0.25, -0.2) is 4.98 Å². The van der Waals surface area contributed by atoms with Gasteiger partial charge in [0, 0.05) is 18.9 Å². The maximum absolute atomic E-state index is 5.25. The second kappa shape index (κ2) is 6.13. The van der Waals surface area contributed by atoms with E-state index in [1.807, 2.05) is 41.1 Å². The zero-order valence-corrected chi connectivity index (χ0v) is 11.9. The number of anilines is 1. The van der Waals surface area contributed by atoms with Crippen LogP contribution in [0.25, 0.3) is 5.69 Å². The van der Waals surface area contributed by atoms with Crippen LogP contribution < -0.4 is 10.1 Å². The summed E-state index contributed by atoms with van der Waals surface area (Å²) in [5.74, 6) is 0.872. The molecule has 0 aliphatic heterocycles. The quantitative estimate of drug-likeness (QED) is 0.777. The fraction of sp³-hybridized carbons (Fsp3) is 0.118. The van der Waals surface area contributed by atoms with Crippen LogP contribution in [0.2, 0.25) is 0 Å². The first-order valence-corrected chi connectivity index (χ1v) is 6.81. The lowest BCUT2D eigenvalue weighted by atomic mass is 10.2. The van der Waals surface area contributed by atoms with Gasteiger partial charge in [0.15, 0.2) is 0 Å². The predicted octanol–water partition coefficient (Wildman–Crippen LogP) is 3.49. The second-order valence-corrected chi connectivity index (χ2v) is 4.69. The molecule has 2 aromatic carbocycles. The van der Waals surface area contributed by atoms with Gasteiger partial charge in [0.05, 0.1) is 24.8 Å². The molecule has 1 aromatic heterocycles. The molecule has 0 radical (unpaired) electrons. The Balaban J connectivity index is 1.79. The van der Waals surface area contributed by atoms with Crippen molar-refractivity contribution in [3.05, 3.63) is 72.8 Å². The van der Waals surface area contributed by atoms with Gasteiger partial charge in [0.2, 0.25) is 0 Å². The number of methoxy groups -OCH3 is 1. The van der Waals surface area contributed by atoms with Crippen LogP contribution in [0.4, 0.5) is 5.69 Å². The average Bonchev–Trinajstić information content (AvgIpc) is 3.08. The molecule has 0 aliphatic rings. The SMILES string of the molecule is COc1cccc(CNc2ccccc2-n2ccnc2)c1. The van der Waals surface area contributed by atoms with Gasteiger partial charge in [-0.05, 0) is 29.8 Å². The summed E-state index contributed by atoms with van der Waals surface area (Å²) in [6.07, 6.45) is 5.51. The fourth-order valence-electron chi connectivity index (χ4n) is 2.23. The predicted molar refractivity (Wildman–Crippen MR) is 83.9 cm³/mol. The van der Waals surface area contributed by atoms with Crippen molar-refractivity contribution in [1.82, 2.24) is 9.55 Å². The summed E-state index contributed by atoms with van der Waals surface area (Å²) in [5.41, 5.74) is 3.33. The molecule has 1 N–H and O–H groups in total. The van der Waals surface area contributed by atoms with Crippen molar-refractivity contribution >= 4 is 5.69 Å². The first kappa shape index (κ1) is 13.2. The molecule has 0 saturated carbocycles. The molecule has 0 atom stereocenters. The van der Waals surface area contributed by atoms with Crippen LogP contribution >= 0.6 is 0 Å². The Kier molecular flexibility index (Phi) is 3.87. The van der Waals surface area contributed by atoms with Gasteiger partial charge in [-0.1, -0.05) is 24.3 Å². The minimum absolute atomic E-state index is 0.739. The molecule has 0 saturated heterocycles. The van der Waals surface area contributed by atoms with E-state index in [1.165, 1.54) is 5.56 Å². The van der Waals surface area contributed by atoms with Gasteiger partial charge >= 0.3 is 0 Å². The van der Waals surface area contributed by atoms with Crippen molar-refractivity contribution in [2.24, 2.45) is 0 Å². The maximum atomic E-state index is 5.25. The third kappa shape index (κ3) is 3.05. The maximum Gasteiger partial charge on any atom is 0.119 e. The minimum Gasteiger partial charge on any atom is -0.497 e. The number of hydrogen-bond acceptors (Lipinski definition) is 3. The largest absolute Gasteiger partial charge is 0.497 e. The van der Waals surface area contributed by atoms with E-state index in [-0.39, 0.29) is 0 Å². The third-order valence-electron chi connectivity index (χ3n) is 3.30. The topological polar surface area (TPSA) is 39.1 Å². The number of rotatable bonds is 5. The van der Waals surface area contributed by atoms with Crippen molar-refractivity contribution in [1.29, 1.82) is 0 Å². The molecule has 3 rings (SSSR count). The average molecular weight is 279 g/mol. The first-order chi connectivity index (χ1) is 10.4. The van der Waals surface area contributed by atoms with E-state index in [0.29, 0.717) is 0 Å². The van der Waals surface area contributed by atoms with Gasteiger partial charge in [-0.2, -0.15) is 0 Å². The number of hydrogen-bond donors (Lipinski definition) is 1. The Morgan fingerprint density at radius 1 is 1.14 bits per heavy atom. The zero-order valence-electron chi connectivity index (χ0n) is 11.9. The number of para-hydroxylation sites is 2. The Labute approximate surface area is 124 Å². The second-order valence-electron chi connectivity index (χ2n) is 4.69. The first-order valence-electron chi connectivity index (χ1n) is 6.81. The Hall–Kier alpha value is -2.75. The number of nitrogens with one attached hydrogen (secondary N) is 1. The van der Waals surface area contributed by atoms with Gasteiger partial charge in [0.1, 0.15) is 5.75 Å². The molecule has 4 heteroatoms. The van der Waals surface area contributed by atoms with E-state index in [1.54, 1.807) is 19.6 Å². The summed E-state index contributed by atoms with van der Waals surface area (Å²) in [6.45, 7) is 0.739. The van der Waals surface area contributed by atoms with E-state index in [4.69, 9.17) is 4.74 Å². The number of ether oxygens (including phenoxy) is 1. The van der Waals surface area contributed by atoms with Crippen LogP contribution in [0.5, 0.6) is 5.75 Å². The van der Waals surface area contributed by atoms with Crippen molar-refractivity contribution in [2.45, 2.75) is 6.54 Å². The molecule has 0 fully saturated rings. The van der Waals surface area contributed by atoms with Crippen LogP contribution in [-0.4, -0.2) is 16.7 Å². The van der Waals surface area contributed by atoms with Crippen molar-refractivity contribution in [3.63, 3.8) is 0 Å². The van der Waals surface area contributed by atoms with Gasteiger partial charge in [-0.3, -0.25) is 0 Å². The molecule has 0 unspecified atom stereocenters. The molecule has 3 aromatic rings. The van der Waals surface area contributed by atoms with Crippen LogP contribution in [0.3, 0.4) is 0 Å². The van der Waals surface area contributed by atoms with E-state index < -0.39 is 0 Å². The van der Waals surface area contributed by atoms with Crippen molar-refractivity contribution in [2.75, 3.05) is 12.4 Å². The molecular formula is C17H17N3O. The molecule has 0 bridgehead atoms. The monoisotopic (exact) mass is 279 g/mol. The molecule has 0 aliphatic carbocycles. The smallest absolute Gasteiger partial charge is 0.119 e. The van der Waals surface area contributed by atoms with Crippen molar-refractivity contribution < 1.29 is 4.74 Å². The lowest BCUT2D eigenvalue weighted by Gasteiger charge is -2.13. The molecule has 1 heterocycles. The summed E-state index contributed by atoms with van der Waals surface area (Å²) in [6, 6.07) is 16.2. The summed E-state index contributed by atoms with van der Waals surface area (Å²) in [7, 11) is 1.68. The lowest BCUT2D eigenvalue weighted by Crippen LogP contribution is -2.03. The standard InChI is InChI=1S/C17H17N3O/c1-21-15-6-4-5-14(11-15)12-19-16-7-2-3-8-17(16)20-10-9-18-13-20/h2-11,13,19H,12H2,1H3. The summed E-state index contributed by atoms with van der Waals surface area (Å²) in [5, 5.41) is 3.46. The number of benzene rings is 2. The molecular weight excluding hydrogens is 262 g/mol. The fourth-order valence-corrected chi connectivity index (χ4v) is 2.23. The van der Waals surface area contributed by atoms with Crippen LogP contribution in [0.15, 0.2) is 67.3 Å². The van der Waals surface area contributed by atoms with Gasteiger partial charge in [0.25, 0.3) is 0 Å². The molecule has 0 spiro atoms. The zero-order chi connectivity index (χ0) is 14.5. The van der Waals surface area contributed by atoms with Gasteiger partial charge < -0.3 is 14.6 Å². The Morgan fingerprint density at radius 2 is 2.05 bits per heavy atom. The summed E-state index contributed by atoms with van der Waals surface area (Å²) in [4.78, 5) is 4.10. The normalized spacial score (nSPS) is 10.3. The number of nitrogens with zero attached hydrogens (tertiary/aromatic N) is 2.